The molecule has 7 nitrogen and oxygen atoms in total. The Morgan fingerprint density at radius 1 is 1.00 bits per heavy atom. The Bertz CT molecular complexity index is 902. The minimum Gasteiger partial charge on any atom is -0.341 e. The molecule has 1 atom stereocenters. The van der Waals surface area contributed by atoms with Crippen LogP contribution in [0.15, 0.2) is 65.0 Å². The van der Waals surface area contributed by atoms with Gasteiger partial charge in [-0.3, -0.25) is 10.1 Å². The van der Waals surface area contributed by atoms with Crippen molar-refractivity contribution >= 4 is 45.9 Å². The predicted molar refractivity (Wildman–Crippen MR) is 107 cm³/mol. The molecule has 138 valence electrons. The summed E-state index contributed by atoms with van der Waals surface area (Å²) in [6, 6.07) is 18.3. The van der Waals surface area contributed by atoms with Crippen LogP contribution in [0.4, 0.5) is 15.6 Å². The minimum absolute atomic E-state index is 0.418. The molecule has 0 saturated heterocycles. The van der Waals surface area contributed by atoms with Gasteiger partial charge in [-0.1, -0.05) is 71.6 Å². The maximum absolute atomic E-state index is 12.6. The fraction of sp³-hybridized carbons (Fsp3) is 0.111. The number of amides is 3. The zero-order valence-corrected chi connectivity index (χ0v) is 16.0. The number of anilines is 2. The molecule has 0 aliphatic rings. The van der Waals surface area contributed by atoms with Crippen molar-refractivity contribution in [3.63, 3.8) is 0 Å². The van der Waals surface area contributed by atoms with E-state index in [1.807, 2.05) is 60.7 Å². The number of hydrogen-bond acceptors (Lipinski definition) is 7. The summed E-state index contributed by atoms with van der Waals surface area (Å²) in [5, 5.41) is 16.2. The summed E-state index contributed by atoms with van der Waals surface area (Å²) in [5.41, 5.74) is 1.68. The van der Waals surface area contributed by atoms with Crippen LogP contribution in [-0.4, -0.2) is 29.2 Å². The molecule has 3 N–H and O–H groups in total. The molecule has 2 aromatic carbocycles. The van der Waals surface area contributed by atoms with Gasteiger partial charge in [-0.15, -0.1) is 10.2 Å². The first kappa shape index (κ1) is 18.9. The van der Waals surface area contributed by atoms with Crippen LogP contribution in [0.25, 0.3) is 0 Å². The molecule has 0 bridgehead atoms. The fourth-order valence-corrected chi connectivity index (χ4v) is 4.16. The number of hydrogen-bond donors (Lipinski definition) is 3. The second kappa shape index (κ2) is 9.15. The molecule has 0 unspecified atom stereocenters. The number of para-hydroxylation sites is 1. The minimum atomic E-state index is -0.624. The Morgan fingerprint density at radius 2 is 1.67 bits per heavy atom. The highest BCUT2D eigenvalue weighted by molar-refractivity contribution is 8.01. The van der Waals surface area contributed by atoms with Crippen molar-refractivity contribution in [1.82, 2.24) is 20.8 Å². The van der Waals surface area contributed by atoms with E-state index >= 15 is 0 Å². The smallest absolute Gasteiger partial charge is 0.321 e. The second-order valence-electron chi connectivity index (χ2n) is 5.34. The lowest BCUT2D eigenvalue weighted by Crippen LogP contribution is -2.39. The van der Waals surface area contributed by atoms with Crippen molar-refractivity contribution in [2.45, 2.75) is 9.59 Å². The first-order valence-corrected chi connectivity index (χ1v) is 9.75. The molecule has 1 aromatic heterocycles. The number of benzene rings is 2. The Hall–Kier alpha value is -2.91. The number of imide groups is 1. The van der Waals surface area contributed by atoms with E-state index < -0.39 is 17.2 Å². The number of carbonyl (C=O) groups excluding carboxylic acids is 2. The first-order valence-electron chi connectivity index (χ1n) is 8.05. The average Bonchev–Trinajstić information content (AvgIpc) is 3.14. The lowest BCUT2D eigenvalue weighted by atomic mass is 10.1. The van der Waals surface area contributed by atoms with E-state index in [0.29, 0.717) is 9.47 Å². The molecule has 0 saturated carbocycles. The molecule has 1 heterocycles. The maximum atomic E-state index is 12.6. The standard InChI is InChI=1S/C18H17N5O2S2/c1-19-16(25)21-15(24)14(12-8-4-2-5-9-12)26-18-23-22-17(27-18)20-13-10-6-3-7-11-13/h2-11,14H,1H3,(H,20,22)(H2,19,21,24,25)/t14-/m0/s1. The molecule has 0 aliphatic heterocycles. The van der Waals surface area contributed by atoms with E-state index in [9.17, 15) is 9.59 Å². The van der Waals surface area contributed by atoms with Gasteiger partial charge in [0.2, 0.25) is 11.0 Å². The van der Waals surface area contributed by atoms with Gasteiger partial charge in [0, 0.05) is 12.7 Å². The van der Waals surface area contributed by atoms with Gasteiger partial charge in [0.15, 0.2) is 4.34 Å². The largest absolute Gasteiger partial charge is 0.341 e. The molecular formula is C18H17N5O2S2. The van der Waals surface area contributed by atoms with Crippen molar-refractivity contribution in [2.75, 3.05) is 12.4 Å². The third kappa shape index (κ3) is 5.28. The van der Waals surface area contributed by atoms with Gasteiger partial charge in [-0.05, 0) is 17.7 Å². The number of aromatic nitrogens is 2. The zero-order valence-electron chi connectivity index (χ0n) is 14.4. The third-order valence-electron chi connectivity index (χ3n) is 3.45. The molecule has 3 amide bonds. The van der Waals surface area contributed by atoms with Crippen LogP contribution in [0.5, 0.6) is 0 Å². The number of nitrogens with one attached hydrogen (secondary N) is 3. The van der Waals surface area contributed by atoms with E-state index in [-0.39, 0.29) is 0 Å². The summed E-state index contributed by atoms with van der Waals surface area (Å²) in [6.45, 7) is 0. The topological polar surface area (TPSA) is 96.0 Å². The molecule has 3 rings (SSSR count). The Balaban J connectivity index is 1.76. The van der Waals surface area contributed by atoms with Crippen LogP contribution in [0.3, 0.4) is 0 Å². The van der Waals surface area contributed by atoms with Gasteiger partial charge in [0.1, 0.15) is 5.25 Å². The highest BCUT2D eigenvalue weighted by atomic mass is 32.2. The number of rotatable bonds is 6. The number of urea groups is 1. The predicted octanol–water partition coefficient (Wildman–Crippen LogP) is 3.57. The lowest BCUT2D eigenvalue weighted by Gasteiger charge is -2.14. The van der Waals surface area contributed by atoms with E-state index in [1.165, 1.54) is 30.1 Å². The molecule has 9 heteroatoms. The van der Waals surface area contributed by atoms with E-state index in [1.54, 1.807) is 0 Å². The third-order valence-corrected chi connectivity index (χ3v) is 5.63. The van der Waals surface area contributed by atoms with Gasteiger partial charge >= 0.3 is 6.03 Å². The first-order chi connectivity index (χ1) is 13.2. The van der Waals surface area contributed by atoms with Crippen molar-refractivity contribution in [3.8, 4) is 0 Å². The molecular weight excluding hydrogens is 382 g/mol. The summed E-state index contributed by atoms with van der Waals surface area (Å²) in [5.74, 6) is -0.418. The summed E-state index contributed by atoms with van der Waals surface area (Å²) in [6.07, 6.45) is 0. The fourth-order valence-electron chi connectivity index (χ4n) is 2.19. The van der Waals surface area contributed by atoms with Crippen LogP contribution in [0, 0.1) is 0 Å². The van der Waals surface area contributed by atoms with Crippen molar-refractivity contribution in [3.05, 3.63) is 66.2 Å². The molecule has 0 spiro atoms. The van der Waals surface area contributed by atoms with E-state index in [4.69, 9.17) is 0 Å². The summed E-state index contributed by atoms with van der Waals surface area (Å²) < 4.78 is 0.620. The summed E-state index contributed by atoms with van der Waals surface area (Å²) in [4.78, 5) is 24.1. The van der Waals surface area contributed by atoms with Gasteiger partial charge in [0.25, 0.3) is 0 Å². The Morgan fingerprint density at radius 3 is 2.33 bits per heavy atom. The van der Waals surface area contributed by atoms with Gasteiger partial charge in [-0.2, -0.15) is 0 Å². The van der Waals surface area contributed by atoms with Gasteiger partial charge in [0.05, 0.1) is 0 Å². The monoisotopic (exact) mass is 399 g/mol. The highest BCUT2D eigenvalue weighted by Gasteiger charge is 2.25. The number of nitrogens with zero attached hydrogens (tertiary/aromatic N) is 2. The van der Waals surface area contributed by atoms with Crippen LogP contribution in [-0.2, 0) is 4.79 Å². The van der Waals surface area contributed by atoms with Crippen LogP contribution >= 0.6 is 23.1 Å². The van der Waals surface area contributed by atoms with Gasteiger partial charge < -0.3 is 10.6 Å². The summed E-state index contributed by atoms with van der Waals surface area (Å²) >= 11 is 2.59. The quantitative estimate of drug-likeness (QED) is 0.549. The molecule has 0 fully saturated rings. The van der Waals surface area contributed by atoms with Crippen LogP contribution in [0.2, 0.25) is 0 Å². The van der Waals surface area contributed by atoms with Crippen molar-refractivity contribution in [1.29, 1.82) is 0 Å². The highest BCUT2D eigenvalue weighted by Crippen LogP contribution is 2.38. The van der Waals surface area contributed by atoms with Crippen LogP contribution in [0.1, 0.15) is 10.8 Å². The van der Waals surface area contributed by atoms with Crippen molar-refractivity contribution < 1.29 is 9.59 Å². The van der Waals surface area contributed by atoms with Gasteiger partial charge in [-0.25, -0.2) is 4.79 Å². The number of thioether (sulfide) groups is 1. The number of carbonyl (C=O) groups is 2. The second-order valence-corrected chi connectivity index (χ2v) is 7.67. The maximum Gasteiger partial charge on any atom is 0.321 e. The normalized spacial score (nSPS) is 11.4. The van der Waals surface area contributed by atoms with Crippen LogP contribution < -0.4 is 16.0 Å². The van der Waals surface area contributed by atoms with E-state index in [2.05, 4.69) is 26.1 Å². The van der Waals surface area contributed by atoms with E-state index in [0.717, 1.165) is 11.3 Å². The Labute approximate surface area is 164 Å². The lowest BCUT2D eigenvalue weighted by molar-refractivity contribution is -0.119. The SMILES string of the molecule is CNC(=O)NC(=O)[C@@H](Sc1nnc(Nc2ccccc2)s1)c1ccccc1. The molecule has 3 aromatic rings. The Kier molecular flexibility index (Phi) is 6.39. The average molecular weight is 400 g/mol. The zero-order chi connectivity index (χ0) is 19.1. The molecule has 0 radical (unpaired) electrons. The molecule has 27 heavy (non-hydrogen) atoms. The van der Waals surface area contributed by atoms with Crippen molar-refractivity contribution in [2.24, 2.45) is 0 Å². The molecule has 0 aliphatic carbocycles. The summed E-state index contributed by atoms with van der Waals surface area (Å²) in [7, 11) is 1.46.